The molecule has 0 radical (unpaired) electrons. The molecular formula is C12H12O5. The van der Waals surface area contributed by atoms with E-state index in [9.17, 15) is 0 Å². The van der Waals surface area contributed by atoms with E-state index in [0.29, 0.717) is 0 Å². The summed E-state index contributed by atoms with van der Waals surface area (Å²) < 4.78 is 0. The average molecular weight is 236 g/mol. The van der Waals surface area contributed by atoms with Crippen LogP contribution >= 0.6 is 0 Å². The van der Waals surface area contributed by atoms with E-state index in [4.69, 9.17) is 25.5 Å². The molecule has 5 nitrogen and oxygen atoms in total. The zero-order valence-electron chi connectivity index (χ0n) is 8.78. The topological polar surface area (TPSA) is 101 Å². The van der Waals surface area contributed by atoms with Gasteiger partial charge in [0.1, 0.15) is 17.2 Å². The van der Waals surface area contributed by atoms with Gasteiger partial charge in [0, 0.05) is 6.07 Å². The number of phenolic OH excluding ortho intramolecular Hbond substituents is 5. The van der Waals surface area contributed by atoms with Gasteiger partial charge < -0.3 is 25.5 Å². The highest BCUT2D eigenvalue weighted by Gasteiger charge is 1.96. The van der Waals surface area contributed by atoms with Crippen molar-refractivity contribution >= 4 is 0 Å². The SMILES string of the molecule is Oc1ccc(O)c(O)c1.Oc1ccc(O)cc1. The second kappa shape index (κ2) is 5.50. The fourth-order valence-electron chi connectivity index (χ4n) is 0.964. The normalized spacial score (nSPS) is 9.18. The monoisotopic (exact) mass is 236 g/mol. The zero-order valence-corrected chi connectivity index (χ0v) is 8.78. The highest BCUT2D eigenvalue weighted by molar-refractivity contribution is 5.42. The Hall–Kier alpha value is -2.56. The molecule has 5 N–H and O–H groups in total. The van der Waals surface area contributed by atoms with Crippen molar-refractivity contribution in [1.29, 1.82) is 0 Å². The third-order valence-corrected chi connectivity index (χ3v) is 1.81. The molecule has 0 aliphatic rings. The largest absolute Gasteiger partial charge is 0.508 e. The van der Waals surface area contributed by atoms with E-state index >= 15 is 0 Å². The Morgan fingerprint density at radius 3 is 1.24 bits per heavy atom. The van der Waals surface area contributed by atoms with E-state index < -0.39 is 0 Å². The number of hydrogen-bond acceptors (Lipinski definition) is 5. The summed E-state index contributed by atoms with van der Waals surface area (Å²) in [6.45, 7) is 0. The van der Waals surface area contributed by atoms with Crippen LogP contribution in [0.3, 0.4) is 0 Å². The number of aromatic hydroxyl groups is 5. The minimum atomic E-state index is -0.310. The fraction of sp³-hybridized carbons (Fsp3) is 0. The Morgan fingerprint density at radius 2 is 0.882 bits per heavy atom. The van der Waals surface area contributed by atoms with E-state index in [2.05, 4.69) is 0 Å². The van der Waals surface area contributed by atoms with Gasteiger partial charge in [-0.1, -0.05) is 0 Å². The van der Waals surface area contributed by atoms with Crippen LogP contribution in [0.15, 0.2) is 42.5 Å². The summed E-state index contributed by atoms with van der Waals surface area (Å²) >= 11 is 0. The Bertz CT molecular complexity index is 458. The summed E-state index contributed by atoms with van der Waals surface area (Å²) in [5, 5.41) is 43.3. The minimum Gasteiger partial charge on any atom is -0.508 e. The summed E-state index contributed by atoms with van der Waals surface area (Å²) in [4.78, 5) is 0. The van der Waals surface area contributed by atoms with Gasteiger partial charge in [0.25, 0.3) is 0 Å². The predicted octanol–water partition coefficient (Wildman–Crippen LogP) is 1.90. The van der Waals surface area contributed by atoms with Crippen LogP contribution in [0.1, 0.15) is 0 Å². The molecule has 90 valence electrons. The van der Waals surface area contributed by atoms with E-state index in [1.807, 2.05) is 0 Å². The van der Waals surface area contributed by atoms with Crippen LogP contribution in [0, 0.1) is 0 Å². The molecule has 0 heterocycles. The first kappa shape index (κ1) is 12.5. The van der Waals surface area contributed by atoms with Crippen molar-refractivity contribution < 1.29 is 25.5 Å². The lowest BCUT2D eigenvalue weighted by molar-refractivity contribution is 0.396. The Morgan fingerprint density at radius 1 is 0.471 bits per heavy atom. The molecule has 2 aromatic carbocycles. The van der Waals surface area contributed by atoms with Crippen LogP contribution in [0.25, 0.3) is 0 Å². The zero-order chi connectivity index (χ0) is 12.8. The molecule has 5 heteroatoms. The Balaban J connectivity index is 0.000000171. The van der Waals surface area contributed by atoms with Crippen LogP contribution in [-0.2, 0) is 0 Å². The molecule has 0 aromatic heterocycles. The maximum absolute atomic E-state index is 8.69. The molecular weight excluding hydrogens is 224 g/mol. The van der Waals surface area contributed by atoms with Crippen molar-refractivity contribution in [3.63, 3.8) is 0 Å². The molecule has 0 saturated carbocycles. The lowest BCUT2D eigenvalue weighted by Gasteiger charge is -1.95. The van der Waals surface area contributed by atoms with Gasteiger partial charge in [0.05, 0.1) is 0 Å². The van der Waals surface area contributed by atoms with E-state index in [0.717, 1.165) is 6.07 Å². The van der Waals surface area contributed by atoms with E-state index in [-0.39, 0.29) is 28.7 Å². The van der Waals surface area contributed by atoms with Crippen LogP contribution in [0.2, 0.25) is 0 Å². The summed E-state index contributed by atoms with van der Waals surface area (Å²) in [6.07, 6.45) is 0. The standard InChI is InChI=1S/C6H6O3.C6H6O2/c7-4-1-2-5(8)6(9)3-4;7-5-1-2-6(8)4-3-5/h1-3,7-9H;1-4,7-8H. The lowest BCUT2D eigenvalue weighted by Crippen LogP contribution is -1.66. The van der Waals surface area contributed by atoms with Gasteiger partial charge in [-0.25, -0.2) is 0 Å². The summed E-state index contributed by atoms with van der Waals surface area (Å²) in [6, 6.07) is 9.27. The summed E-state index contributed by atoms with van der Waals surface area (Å²) in [5.41, 5.74) is 0. The number of benzene rings is 2. The molecule has 2 aromatic rings. The average Bonchev–Trinajstić information content (AvgIpc) is 2.29. The summed E-state index contributed by atoms with van der Waals surface area (Å²) in [7, 11) is 0. The minimum absolute atomic E-state index is 0.0645. The van der Waals surface area contributed by atoms with Crippen molar-refractivity contribution in [1.82, 2.24) is 0 Å². The second-order valence-corrected chi connectivity index (χ2v) is 3.19. The highest BCUT2D eigenvalue weighted by Crippen LogP contribution is 2.27. The number of phenols is 5. The number of rotatable bonds is 0. The molecule has 17 heavy (non-hydrogen) atoms. The first-order valence-electron chi connectivity index (χ1n) is 4.68. The Kier molecular flexibility index (Phi) is 4.05. The van der Waals surface area contributed by atoms with Crippen molar-refractivity contribution in [3.05, 3.63) is 42.5 Å². The lowest BCUT2D eigenvalue weighted by atomic mass is 10.3. The van der Waals surface area contributed by atoms with Gasteiger partial charge in [-0.3, -0.25) is 0 Å². The van der Waals surface area contributed by atoms with Gasteiger partial charge in [0.2, 0.25) is 0 Å². The van der Waals surface area contributed by atoms with Gasteiger partial charge in [-0.15, -0.1) is 0 Å². The van der Waals surface area contributed by atoms with Crippen molar-refractivity contribution in [2.24, 2.45) is 0 Å². The van der Waals surface area contributed by atoms with Crippen LogP contribution < -0.4 is 0 Å². The van der Waals surface area contributed by atoms with Gasteiger partial charge in [-0.2, -0.15) is 0 Å². The maximum Gasteiger partial charge on any atom is 0.161 e. The predicted molar refractivity (Wildman–Crippen MR) is 61.2 cm³/mol. The molecule has 0 unspecified atom stereocenters. The van der Waals surface area contributed by atoms with Gasteiger partial charge in [-0.05, 0) is 36.4 Å². The first-order chi connectivity index (χ1) is 7.99. The van der Waals surface area contributed by atoms with Crippen LogP contribution in [-0.4, -0.2) is 25.5 Å². The van der Waals surface area contributed by atoms with Crippen molar-refractivity contribution in [2.75, 3.05) is 0 Å². The maximum atomic E-state index is 8.69. The first-order valence-corrected chi connectivity index (χ1v) is 4.68. The Labute approximate surface area is 97.5 Å². The molecule has 0 bridgehead atoms. The number of hydrogen-bond donors (Lipinski definition) is 5. The van der Waals surface area contributed by atoms with Gasteiger partial charge >= 0.3 is 0 Å². The smallest absolute Gasteiger partial charge is 0.161 e. The van der Waals surface area contributed by atoms with Crippen molar-refractivity contribution in [3.8, 4) is 28.7 Å². The van der Waals surface area contributed by atoms with E-state index in [1.165, 1.54) is 36.4 Å². The molecule has 0 aliphatic carbocycles. The second-order valence-electron chi connectivity index (χ2n) is 3.19. The molecule has 0 aliphatic heterocycles. The molecule has 0 atom stereocenters. The third kappa shape index (κ3) is 4.21. The summed E-state index contributed by atoms with van der Waals surface area (Å²) in [5.74, 6) is -0.265. The molecule has 0 fully saturated rings. The van der Waals surface area contributed by atoms with Crippen molar-refractivity contribution in [2.45, 2.75) is 0 Å². The van der Waals surface area contributed by atoms with Crippen LogP contribution in [0.5, 0.6) is 28.7 Å². The molecule has 0 saturated heterocycles. The molecule has 0 spiro atoms. The molecule has 2 rings (SSSR count). The molecule has 0 amide bonds. The van der Waals surface area contributed by atoms with E-state index in [1.54, 1.807) is 0 Å². The third-order valence-electron chi connectivity index (χ3n) is 1.81. The van der Waals surface area contributed by atoms with Gasteiger partial charge in [0.15, 0.2) is 11.5 Å². The quantitative estimate of drug-likeness (QED) is 0.355. The van der Waals surface area contributed by atoms with Crippen LogP contribution in [0.4, 0.5) is 0 Å². The highest BCUT2D eigenvalue weighted by atomic mass is 16.3. The fourth-order valence-corrected chi connectivity index (χ4v) is 0.964.